The molecule has 0 radical (unpaired) electrons. The second-order valence-electron chi connectivity index (χ2n) is 12.5. The number of rotatable bonds is 16. The first-order valence-electron chi connectivity index (χ1n) is 16.5. The van der Waals surface area contributed by atoms with Gasteiger partial charge in [0.15, 0.2) is 0 Å². The Labute approximate surface area is 303 Å². The fourth-order valence-corrected chi connectivity index (χ4v) is 5.64. The average molecular weight is 709 g/mol. The summed E-state index contributed by atoms with van der Waals surface area (Å²) in [5.74, 6) is -2.57. The van der Waals surface area contributed by atoms with Crippen LogP contribution < -0.4 is 31.6 Å². The van der Waals surface area contributed by atoms with E-state index in [1.54, 1.807) is 50.6 Å². The minimum Gasteiger partial charge on any atom is -0.497 e. The monoisotopic (exact) mass is 708 g/mol. The minimum atomic E-state index is -1.72. The molecule has 4 rings (SSSR count). The van der Waals surface area contributed by atoms with E-state index < -0.39 is 47.3 Å². The van der Waals surface area contributed by atoms with Crippen molar-refractivity contribution in [3.05, 3.63) is 144 Å². The van der Waals surface area contributed by atoms with Gasteiger partial charge in [-0.3, -0.25) is 21.1 Å². The number of benzene rings is 4. The predicted octanol–water partition coefficient (Wildman–Crippen LogP) is 3.76. The lowest BCUT2D eigenvalue weighted by molar-refractivity contribution is -0.153. The topological polar surface area (TPSA) is 181 Å². The molecule has 4 aromatic rings. The molecule has 272 valence electrons. The lowest BCUT2D eigenvalue weighted by atomic mass is 9.85. The van der Waals surface area contributed by atoms with Crippen molar-refractivity contribution in [3.63, 3.8) is 0 Å². The van der Waals surface area contributed by atoms with Crippen LogP contribution in [0.25, 0.3) is 0 Å². The summed E-state index contributed by atoms with van der Waals surface area (Å²) in [6.45, 7) is 3.63. The fourth-order valence-electron chi connectivity index (χ4n) is 5.64. The van der Waals surface area contributed by atoms with Crippen LogP contribution in [-0.4, -0.2) is 50.4 Å². The molecule has 0 aromatic heterocycles. The Morgan fingerprint density at radius 2 is 0.962 bits per heavy atom. The number of ether oxygens (including phenoxy) is 4. The van der Waals surface area contributed by atoms with Gasteiger partial charge in [0, 0.05) is 12.2 Å². The first-order valence-corrected chi connectivity index (χ1v) is 16.5. The maximum atomic E-state index is 13.2. The van der Waals surface area contributed by atoms with Gasteiger partial charge in [0.05, 0.1) is 25.3 Å². The van der Waals surface area contributed by atoms with Gasteiger partial charge in [0.1, 0.15) is 11.5 Å². The Morgan fingerprint density at radius 3 is 1.31 bits per heavy atom. The molecule has 4 unspecified atom stereocenters. The van der Waals surface area contributed by atoms with E-state index in [-0.39, 0.29) is 0 Å². The summed E-state index contributed by atoms with van der Waals surface area (Å²) in [6, 6.07) is 33.4. The van der Waals surface area contributed by atoms with Gasteiger partial charge in [0.2, 0.25) is 12.5 Å². The standard InChI is InChI=1S/C40H44N4O8/c1-39(25-27-13-7-5-8-14-27,29-17-11-19-31(23-29)49-3)43-37(47)35(41)51-33(45)21-22-34(46)52-36(42)38(48)44-40(2,26-28-15-9-6-10-16-28)30-18-12-20-32(24-30)50-4/h5-24,35-36H,25-26,41-42H2,1-4H3,(H,43,47)(H,44,48)/b22-21-. The largest absolute Gasteiger partial charge is 0.497 e. The molecule has 0 aliphatic carbocycles. The summed E-state index contributed by atoms with van der Waals surface area (Å²) in [5, 5.41) is 5.78. The van der Waals surface area contributed by atoms with E-state index in [9.17, 15) is 19.2 Å². The quantitative estimate of drug-likeness (QED) is 0.0760. The molecule has 0 heterocycles. The summed E-state index contributed by atoms with van der Waals surface area (Å²) in [7, 11) is 3.08. The molecule has 0 saturated carbocycles. The number of esters is 2. The third-order valence-electron chi connectivity index (χ3n) is 8.37. The third-order valence-corrected chi connectivity index (χ3v) is 8.37. The highest BCUT2D eigenvalue weighted by Crippen LogP contribution is 2.30. The van der Waals surface area contributed by atoms with Crippen molar-refractivity contribution >= 4 is 23.8 Å². The Bertz CT molecular complexity index is 1730. The molecule has 0 aliphatic rings. The van der Waals surface area contributed by atoms with Crippen molar-refractivity contribution in [3.8, 4) is 11.5 Å². The van der Waals surface area contributed by atoms with E-state index in [1.165, 1.54) is 0 Å². The van der Waals surface area contributed by atoms with Gasteiger partial charge in [-0.05, 0) is 73.2 Å². The van der Waals surface area contributed by atoms with E-state index in [0.29, 0.717) is 24.3 Å². The summed E-state index contributed by atoms with van der Waals surface area (Å²) in [6.07, 6.45) is -1.22. The van der Waals surface area contributed by atoms with Crippen molar-refractivity contribution in [2.45, 2.75) is 50.2 Å². The van der Waals surface area contributed by atoms with E-state index in [0.717, 1.165) is 34.4 Å². The molecule has 0 spiro atoms. The molecule has 4 atom stereocenters. The van der Waals surface area contributed by atoms with Crippen molar-refractivity contribution < 1.29 is 38.1 Å². The van der Waals surface area contributed by atoms with Crippen molar-refractivity contribution in [2.24, 2.45) is 11.5 Å². The fraction of sp³-hybridized carbons (Fsp3) is 0.250. The summed E-state index contributed by atoms with van der Waals surface area (Å²) >= 11 is 0. The summed E-state index contributed by atoms with van der Waals surface area (Å²) < 4.78 is 20.9. The van der Waals surface area contributed by atoms with Gasteiger partial charge in [-0.2, -0.15) is 0 Å². The molecule has 4 aromatic carbocycles. The van der Waals surface area contributed by atoms with Crippen LogP contribution in [0.5, 0.6) is 11.5 Å². The van der Waals surface area contributed by atoms with Crippen LogP contribution in [0.2, 0.25) is 0 Å². The molecule has 0 aliphatic heterocycles. The number of carbonyl (C=O) groups is 4. The molecule has 0 bridgehead atoms. The molecular weight excluding hydrogens is 664 g/mol. The average Bonchev–Trinajstić information content (AvgIpc) is 3.14. The molecule has 12 heteroatoms. The number of amides is 2. The number of hydrogen-bond donors (Lipinski definition) is 4. The normalized spacial score (nSPS) is 14.5. The van der Waals surface area contributed by atoms with Gasteiger partial charge in [-0.1, -0.05) is 84.9 Å². The van der Waals surface area contributed by atoms with E-state index >= 15 is 0 Å². The van der Waals surface area contributed by atoms with Crippen LogP contribution in [0.4, 0.5) is 0 Å². The van der Waals surface area contributed by atoms with E-state index in [1.807, 2.05) is 86.6 Å². The number of nitrogens with one attached hydrogen (secondary N) is 2. The number of carbonyl (C=O) groups excluding carboxylic acids is 4. The van der Waals surface area contributed by atoms with Gasteiger partial charge in [-0.15, -0.1) is 0 Å². The van der Waals surface area contributed by atoms with Crippen LogP contribution in [0.15, 0.2) is 121 Å². The maximum absolute atomic E-state index is 13.2. The molecule has 52 heavy (non-hydrogen) atoms. The minimum absolute atomic E-state index is 0.387. The molecule has 6 N–H and O–H groups in total. The number of nitrogens with two attached hydrogens (primary N) is 2. The first kappa shape index (κ1) is 38.8. The Kier molecular flexibility index (Phi) is 13.3. The molecule has 0 fully saturated rings. The third kappa shape index (κ3) is 10.8. The lowest BCUT2D eigenvalue weighted by Gasteiger charge is -2.33. The highest BCUT2D eigenvalue weighted by molar-refractivity contribution is 5.94. The Morgan fingerprint density at radius 1 is 0.596 bits per heavy atom. The lowest BCUT2D eigenvalue weighted by Crippen LogP contribution is -2.52. The van der Waals surface area contributed by atoms with Crippen LogP contribution >= 0.6 is 0 Å². The smallest absolute Gasteiger partial charge is 0.333 e. The maximum Gasteiger partial charge on any atom is 0.333 e. The van der Waals surface area contributed by atoms with Gasteiger partial charge >= 0.3 is 11.9 Å². The van der Waals surface area contributed by atoms with Gasteiger partial charge < -0.3 is 29.6 Å². The predicted molar refractivity (Wildman–Crippen MR) is 195 cm³/mol. The second kappa shape index (κ2) is 17.8. The molecule has 2 amide bonds. The summed E-state index contributed by atoms with van der Waals surface area (Å²) in [5.41, 5.74) is 13.3. The zero-order valence-electron chi connectivity index (χ0n) is 29.5. The first-order chi connectivity index (χ1) is 24.8. The summed E-state index contributed by atoms with van der Waals surface area (Å²) in [4.78, 5) is 51.5. The van der Waals surface area contributed by atoms with E-state index in [4.69, 9.17) is 30.4 Å². The van der Waals surface area contributed by atoms with Crippen LogP contribution in [0.1, 0.15) is 36.1 Å². The van der Waals surface area contributed by atoms with Gasteiger partial charge in [0.25, 0.3) is 11.8 Å². The van der Waals surface area contributed by atoms with Crippen LogP contribution in [-0.2, 0) is 52.6 Å². The van der Waals surface area contributed by atoms with Crippen LogP contribution in [0, 0.1) is 0 Å². The molecule has 12 nitrogen and oxygen atoms in total. The Hall–Kier alpha value is -5.98. The van der Waals surface area contributed by atoms with E-state index in [2.05, 4.69) is 10.6 Å². The molecule has 0 saturated heterocycles. The van der Waals surface area contributed by atoms with Crippen molar-refractivity contribution in [2.75, 3.05) is 14.2 Å². The second-order valence-corrected chi connectivity index (χ2v) is 12.5. The van der Waals surface area contributed by atoms with Gasteiger partial charge in [-0.25, -0.2) is 9.59 Å². The number of hydrogen-bond acceptors (Lipinski definition) is 10. The highest BCUT2D eigenvalue weighted by atomic mass is 16.6. The van der Waals surface area contributed by atoms with Crippen LogP contribution in [0.3, 0.4) is 0 Å². The van der Waals surface area contributed by atoms with Crippen molar-refractivity contribution in [1.29, 1.82) is 0 Å². The SMILES string of the molecule is COc1cccc(C(C)(Cc2ccccc2)NC(=O)C(N)OC(=O)/C=C\C(=O)OC(N)C(=O)NC(C)(Cc2ccccc2)c2cccc(OC)c2)c1. The number of methoxy groups -OCH3 is 2. The zero-order chi connectivity index (χ0) is 37.7. The Balaban J connectivity index is 1.37. The van der Waals surface area contributed by atoms with Crippen molar-refractivity contribution in [1.82, 2.24) is 10.6 Å². The zero-order valence-corrected chi connectivity index (χ0v) is 29.5. The highest BCUT2D eigenvalue weighted by Gasteiger charge is 2.34. The molecular formula is C40H44N4O8.